The van der Waals surface area contributed by atoms with Crippen LogP contribution in [0.5, 0.6) is 0 Å². The van der Waals surface area contributed by atoms with Crippen molar-refractivity contribution >= 4 is 23.5 Å². The molecule has 112 valence electrons. The minimum atomic E-state index is -0.913. The molecule has 21 heavy (non-hydrogen) atoms. The molecular weight excluding hydrogens is 290 g/mol. The number of halogens is 1. The third kappa shape index (κ3) is 3.64. The van der Waals surface area contributed by atoms with E-state index in [0.29, 0.717) is 24.4 Å². The minimum absolute atomic E-state index is 0.147. The quantitative estimate of drug-likeness (QED) is 0.870. The van der Waals surface area contributed by atoms with Crippen molar-refractivity contribution in [1.29, 1.82) is 0 Å². The summed E-state index contributed by atoms with van der Waals surface area (Å²) in [5, 5.41) is 9.85. The van der Waals surface area contributed by atoms with Gasteiger partial charge in [-0.3, -0.25) is 9.59 Å². The number of carbonyl (C=O) groups excluding carboxylic acids is 1. The van der Waals surface area contributed by atoms with Crippen molar-refractivity contribution in [1.82, 2.24) is 4.90 Å². The molecule has 1 aromatic carbocycles. The lowest BCUT2D eigenvalue weighted by atomic mass is 9.82. The van der Waals surface area contributed by atoms with E-state index in [4.69, 9.17) is 11.6 Å². The molecule has 0 aliphatic heterocycles. The summed E-state index contributed by atoms with van der Waals surface area (Å²) in [6.07, 6.45) is 4.59. The Kier molecular flexibility index (Phi) is 5.02. The number of hydrogen-bond acceptors (Lipinski definition) is 2. The maximum atomic E-state index is 12.5. The second-order valence-electron chi connectivity index (χ2n) is 5.28. The number of carboxylic acids is 1. The van der Waals surface area contributed by atoms with E-state index < -0.39 is 17.8 Å². The van der Waals surface area contributed by atoms with Crippen molar-refractivity contribution in [3.63, 3.8) is 0 Å². The summed E-state index contributed by atoms with van der Waals surface area (Å²) < 4.78 is 0. The standard InChI is InChI=1S/C16H18ClNO3/c1-18(10-11-6-2-5-9-14(11)17)15(19)12-7-3-4-8-13(12)16(20)21/h2-6,9,12-13H,7-8,10H2,1H3,(H,20,21)/t12-,13+/m1/s1. The summed E-state index contributed by atoms with van der Waals surface area (Å²) in [4.78, 5) is 25.3. The molecule has 1 aromatic rings. The lowest BCUT2D eigenvalue weighted by Crippen LogP contribution is -2.39. The van der Waals surface area contributed by atoms with Crippen LogP contribution in [0.25, 0.3) is 0 Å². The van der Waals surface area contributed by atoms with E-state index in [2.05, 4.69) is 0 Å². The number of allylic oxidation sites excluding steroid dienone is 2. The molecule has 0 fully saturated rings. The fraction of sp³-hybridized carbons (Fsp3) is 0.375. The Morgan fingerprint density at radius 1 is 1.24 bits per heavy atom. The molecule has 2 rings (SSSR count). The smallest absolute Gasteiger partial charge is 0.307 e. The van der Waals surface area contributed by atoms with Gasteiger partial charge in [0.05, 0.1) is 11.8 Å². The van der Waals surface area contributed by atoms with Crippen LogP contribution in [-0.2, 0) is 16.1 Å². The minimum Gasteiger partial charge on any atom is -0.481 e. The molecule has 5 heteroatoms. The highest BCUT2D eigenvalue weighted by Gasteiger charge is 2.35. The average molecular weight is 308 g/mol. The Morgan fingerprint density at radius 3 is 2.48 bits per heavy atom. The molecule has 1 N–H and O–H groups in total. The zero-order valence-corrected chi connectivity index (χ0v) is 12.6. The van der Waals surface area contributed by atoms with Gasteiger partial charge in [-0.05, 0) is 24.5 Å². The fourth-order valence-electron chi connectivity index (χ4n) is 2.60. The van der Waals surface area contributed by atoms with Crippen LogP contribution in [0.1, 0.15) is 18.4 Å². The van der Waals surface area contributed by atoms with Crippen molar-refractivity contribution in [2.24, 2.45) is 11.8 Å². The van der Waals surface area contributed by atoms with Gasteiger partial charge in [0.15, 0.2) is 0 Å². The molecule has 1 aliphatic carbocycles. The number of carboxylic acid groups (broad SMARTS) is 1. The summed E-state index contributed by atoms with van der Waals surface area (Å²) in [6.45, 7) is 0.380. The molecule has 0 bridgehead atoms. The summed E-state index contributed by atoms with van der Waals surface area (Å²) >= 11 is 6.09. The van der Waals surface area contributed by atoms with Crippen molar-refractivity contribution in [3.05, 3.63) is 47.0 Å². The van der Waals surface area contributed by atoms with E-state index in [9.17, 15) is 14.7 Å². The van der Waals surface area contributed by atoms with Crippen LogP contribution in [0, 0.1) is 11.8 Å². The van der Waals surface area contributed by atoms with E-state index in [0.717, 1.165) is 5.56 Å². The van der Waals surface area contributed by atoms with Crippen LogP contribution in [0.15, 0.2) is 36.4 Å². The number of benzene rings is 1. The van der Waals surface area contributed by atoms with Crippen molar-refractivity contribution in [3.8, 4) is 0 Å². The molecule has 0 radical (unpaired) electrons. The summed E-state index contributed by atoms with van der Waals surface area (Å²) in [6, 6.07) is 7.34. The van der Waals surface area contributed by atoms with Gasteiger partial charge < -0.3 is 10.0 Å². The molecule has 1 amide bonds. The van der Waals surface area contributed by atoms with E-state index in [1.54, 1.807) is 18.0 Å². The highest BCUT2D eigenvalue weighted by molar-refractivity contribution is 6.31. The normalized spacial score (nSPS) is 21.0. The van der Waals surface area contributed by atoms with Crippen molar-refractivity contribution in [2.45, 2.75) is 19.4 Å². The first-order chi connectivity index (χ1) is 10.0. The number of amides is 1. The third-order valence-electron chi connectivity index (χ3n) is 3.81. The molecular formula is C16H18ClNO3. The molecule has 2 atom stereocenters. The van der Waals surface area contributed by atoms with Crippen LogP contribution in [-0.4, -0.2) is 28.9 Å². The molecule has 0 saturated heterocycles. The predicted molar refractivity (Wildman–Crippen MR) is 80.9 cm³/mol. The summed E-state index contributed by atoms with van der Waals surface area (Å²) in [5.41, 5.74) is 0.855. The zero-order chi connectivity index (χ0) is 15.4. The van der Waals surface area contributed by atoms with E-state index in [1.807, 2.05) is 30.4 Å². The van der Waals surface area contributed by atoms with Gasteiger partial charge in [-0.25, -0.2) is 0 Å². The van der Waals surface area contributed by atoms with Gasteiger partial charge in [0.1, 0.15) is 0 Å². The maximum Gasteiger partial charge on any atom is 0.307 e. The fourth-order valence-corrected chi connectivity index (χ4v) is 2.80. The van der Waals surface area contributed by atoms with E-state index in [-0.39, 0.29) is 5.91 Å². The lowest BCUT2D eigenvalue weighted by molar-refractivity contribution is -0.150. The van der Waals surface area contributed by atoms with E-state index >= 15 is 0 Å². The number of aliphatic carboxylic acids is 1. The van der Waals surface area contributed by atoms with Crippen LogP contribution >= 0.6 is 11.6 Å². The van der Waals surface area contributed by atoms with Gasteiger partial charge in [-0.2, -0.15) is 0 Å². The van der Waals surface area contributed by atoms with Gasteiger partial charge in [-0.15, -0.1) is 0 Å². The Morgan fingerprint density at radius 2 is 1.86 bits per heavy atom. The van der Waals surface area contributed by atoms with Gasteiger partial charge in [0, 0.05) is 18.6 Å². The lowest BCUT2D eigenvalue weighted by Gasteiger charge is -2.29. The average Bonchev–Trinajstić information content (AvgIpc) is 2.48. The first kappa shape index (κ1) is 15.6. The second kappa shape index (κ2) is 6.76. The Hall–Kier alpha value is -1.81. The first-order valence-corrected chi connectivity index (χ1v) is 7.24. The Balaban J connectivity index is 2.10. The highest BCUT2D eigenvalue weighted by Crippen LogP contribution is 2.28. The highest BCUT2D eigenvalue weighted by atomic mass is 35.5. The van der Waals surface area contributed by atoms with Crippen molar-refractivity contribution in [2.75, 3.05) is 7.05 Å². The first-order valence-electron chi connectivity index (χ1n) is 6.87. The summed E-state index contributed by atoms with van der Waals surface area (Å²) in [5.74, 6) is -2.20. The maximum absolute atomic E-state index is 12.5. The summed E-state index contributed by atoms with van der Waals surface area (Å²) in [7, 11) is 1.68. The molecule has 0 aromatic heterocycles. The van der Waals surface area contributed by atoms with Crippen molar-refractivity contribution < 1.29 is 14.7 Å². The zero-order valence-electron chi connectivity index (χ0n) is 11.8. The van der Waals surface area contributed by atoms with Gasteiger partial charge in [0.25, 0.3) is 0 Å². The Bertz CT molecular complexity index is 570. The van der Waals surface area contributed by atoms with Gasteiger partial charge >= 0.3 is 5.97 Å². The topological polar surface area (TPSA) is 57.6 Å². The number of carbonyl (C=O) groups is 2. The second-order valence-corrected chi connectivity index (χ2v) is 5.69. The van der Waals surface area contributed by atoms with Crippen LogP contribution in [0.4, 0.5) is 0 Å². The molecule has 1 aliphatic rings. The third-order valence-corrected chi connectivity index (χ3v) is 4.18. The van der Waals surface area contributed by atoms with E-state index in [1.165, 1.54) is 0 Å². The van der Waals surface area contributed by atoms with Gasteiger partial charge in [0.2, 0.25) is 5.91 Å². The molecule has 0 heterocycles. The number of nitrogens with zero attached hydrogens (tertiary/aromatic N) is 1. The predicted octanol–water partition coefficient (Wildman–Crippen LogP) is 2.97. The molecule has 0 saturated carbocycles. The van der Waals surface area contributed by atoms with Crippen LogP contribution in [0.2, 0.25) is 5.02 Å². The van der Waals surface area contributed by atoms with Crippen LogP contribution in [0.3, 0.4) is 0 Å². The van der Waals surface area contributed by atoms with Gasteiger partial charge in [-0.1, -0.05) is 42.0 Å². The molecule has 4 nitrogen and oxygen atoms in total. The van der Waals surface area contributed by atoms with Crippen LogP contribution < -0.4 is 0 Å². The number of hydrogen-bond donors (Lipinski definition) is 1. The molecule has 0 unspecified atom stereocenters. The largest absolute Gasteiger partial charge is 0.481 e. The Labute approximate surface area is 129 Å². The monoisotopic (exact) mass is 307 g/mol. The molecule has 0 spiro atoms. The SMILES string of the molecule is CN(Cc1ccccc1Cl)C(=O)[C@@H]1CC=CC[C@@H]1C(=O)O. The number of rotatable bonds is 4.